The van der Waals surface area contributed by atoms with Crippen molar-refractivity contribution in [2.75, 3.05) is 18.2 Å². The molecule has 0 radical (unpaired) electrons. The van der Waals surface area contributed by atoms with Crippen molar-refractivity contribution in [1.82, 2.24) is 20.2 Å². The summed E-state index contributed by atoms with van der Waals surface area (Å²) in [6.45, 7) is 3.91. The van der Waals surface area contributed by atoms with Crippen molar-refractivity contribution in [1.29, 1.82) is 5.26 Å². The van der Waals surface area contributed by atoms with Gasteiger partial charge in [0.15, 0.2) is 0 Å². The molecule has 1 unspecified atom stereocenters. The van der Waals surface area contributed by atoms with Crippen LogP contribution in [0.1, 0.15) is 40.0 Å². The van der Waals surface area contributed by atoms with E-state index in [9.17, 15) is 14.9 Å². The highest BCUT2D eigenvalue weighted by Crippen LogP contribution is 2.28. The van der Waals surface area contributed by atoms with Crippen molar-refractivity contribution in [3.05, 3.63) is 71.2 Å². The Hall–Kier alpha value is -3.44. The quantitative estimate of drug-likeness (QED) is 0.647. The fraction of sp³-hybridized carbons (Fsp3) is 0.292. The molecule has 8 heteroatoms. The summed E-state index contributed by atoms with van der Waals surface area (Å²) in [6.07, 6.45) is 3.46. The van der Waals surface area contributed by atoms with Gasteiger partial charge in [0.1, 0.15) is 6.04 Å². The fourth-order valence-corrected chi connectivity index (χ4v) is 4.81. The first-order valence-corrected chi connectivity index (χ1v) is 11.5. The molecule has 1 aromatic carbocycles. The van der Waals surface area contributed by atoms with Crippen LogP contribution in [0.3, 0.4) is 0 Å². The van der Waals surface area contributed by atoms with E-state index in [-0.39, 0.29) is 24.3 Å². The van der Waals surface area contributed by atoms with E-state index in [4.69, 9.17) is 0 Å². The Morgan fingerprint density at radius 3 is 2.81 bits per heavy atom. The predicted molar refractivity (Wildman–Crippen MR) is 124 cm³/mol. The molecule has 3 heterocycles. The van der Waals surface area contributed by atoms with Crippen molar-refractivity contribution in [3.8, 4) is 6.07 Å². The molecule has 162 valence electrons. The normalized spacial score (nSPS) is 16.5. The number of nitrogens with zero attached hydrogens (tertiary/aromatic N) is 4. The minimum atomic E-state index is -0.438. The Morgan fingerprint density at radius 2 is 2.06 bits per heavy atom. The number of nitriles is 1. The lowest BCUT2D eigenvalue weighted by Gasteiger charge is -2.19. The third-order valence-corrected chi connectivity index (χ3v) is 6.71. The molecule has 1 saturated heterocycles. The molecule has 7 nitrogen and oxygen atoms in total. The molecule has 0 saturated carbocycles. The van der Waals surface area contributed by atoms with Crippen LogP contribution in [0.15, 0.2) is 48.8 Å². The van der Waals surface area contributed by atoms with E-state index in [1.165, 1.54) is 16.7 Å². The van der Waals surface area contributed by atoms with Gasteiger partial charge in [0.2, 0.25) is 5.91 Å². The van der Waals surface area contributed by atoms with E-state index in [1.54, 1.807) is 12.3 Å². The summed E-state index contributed by atoms with van der Waals surface area (Å²) in [7, 11) is 0. The number of carbonyl (C=O) groups excluding carboxylic acids is 2. The highest BCUT2D eigenvalue weighted by atomic mass is 32.2. The molecule has 4 rings (SSSR count). The zero-order valence-corrected chi connectivity index (χ0v) is 18.7. The average Bonchev–Trinajstić information content (AvgIpc) is 3.30. The zero-order chi connectivity index (χ0) is 22.7. The number of amides is 2. The van der Waals surface area contributed by atoms with Gasteiger partial charge in [0.25, 0.3) is 5.91 Å². The Morgan fingerprint density at radius 1 is 1.25 bits per heavy atom. The molecule has 1 aliphatic heterocycles. The van der Waals surface area contributed by atoms with E-state index in [2.05, 4.69) is 34.3 Å². The topological polar surface area (TPSA) is 99.0 Å². The highest BCUT2D eigenvalue weighted by molar-refractivity contribution is 7.99. The fourth-order valence-electron chi connectivity index (χ4n) is 3.71. The molecule has 2 aromatic heterocycles. The maximum Gasteiger partial charge on any atom is 0.252 e. The van der Waals surface area contributed by atoms with Gasteiger partial charge >= 0.3 is 0 Å². The number of carbonyl (C=O) groups is 2. The summed E-state index contributed by atoms with van der Waals surface area (Å²) in [6, 6.07) is 13.3. The predicted octanol–water partition coefficient (Wildman–Crippen LogP) is 3.24. The first-order valence-electron chi connectivity index (χ1n) is 10.3. The standard InChI is InChI=1S/C24H23N5O2S/c1-15-3-4-18(11-27-15)16(2)17-5-6-22-21(9-17)20(7-8-26-22)24(31)28-12-23(30)29-14-32-13-19(29)10-25/h3-9,11,16,19H,12-14H2,1-2H3,(H,28,31)/t16?,19-/m1/s1. The monoisotopic (exact) mass is 445 g/mol. The number of aryl methyl sites for hydroxylation is 1. The lowest BCUT2D eigenvalue weighted by Crippen LogP contribution is -2.42. The van der Waals surface area contributed by atoms with Crippen LogP contribution in [0.5, 0.6) is 0 Å². The first-order chi connectivity index (χ1) is 15.5. The van der Waals surface area contributed by atoms with Gasteiger partial charge < -0.3 is 10.2 Å². The van der Waals surface area contributed by atoms with Gasteiger partial charge in [-0.2, -0.15) is 5.26 Å². The number of rotatable bonds is 5. The van der Waals surface area contributed by atoms with Gasteiger partial charge in [-0.25, -0.2) is 0 Å². The Labute approximate surface area is 190 Å². The minimum absolute atomic E-state index is 0.0979. The van der Waals surface area contributed by atoms with E-state index in [1.807, 2.05) is 37.4 Å². The van der Waals surface area contributed by atoms with E-state index in [0.717, 1.165) is 22.2 Å². The van der Waals surface area contributed by atoms with Gasteiger partial charge in [-0.05, 0) is 42.3 Å². The summed E-state index contributed by atoms with van der Waals surface area (Å²) in [5.41, 5.74) is 4.28. The molecule has 0 spiro atoms. The lowest BCUT2D eigenvalue weighted by molar-refractivity contribution is -0.129. The average molecular weight is 446 g/mol. The van der Waals surface area contributed by atoms with Crippen LogP contribution in [-0.4, -0.2) is 50.9 Å². The molecule has 2 atom stereocenters. The summed E-state index contributed by atoms with van der Waals surface area (Å²) < 4.78 is 0. The lowest BCUT2D eigenvalue weighted by atomic mass is 9.92. The first kappa shape index (κ1) is 21.8. The maximum atomic E-state index is 12.9. The third-order valence-electron chi connectivity index (χ3n) is 5.70. The van der Waals surface area contributed by atoms with Gasteiger partial charge in [0, 0.05) is 35.1 Å². The third kappa shape index (κ3) is 4.43. The maximum absolute atomic E-state index is 12.9. The van der Waals surface area contributed by atoms with Gasteiger partial charge in [-0.1, -0.05) is 19.1 Å². The second kappa shape index (κ2) is 9.37. The Bertz CT molecular complexity index is 1210. The van der Waals surface area contributed by atoms with Gasteiger partial charge in [-0.15, -0.1) is 11.8 Å². The molecule has 0 bridgehead atoms. The number of hydrogen-bond donors (Lipinski definition) is 1. The SMILES string of the molecule is Cc1ccc(C(C)c2ccc3nccc(C(=O)NCC(=O)N4CSC[C@H]4C#N)c3c2)cn1. The van der Waals surface area contributed by atoms with Crippen LogP contribution >= 0.6 is 11.8 Å². The van der Waals surface area contributed by atoms with Gasteiger partial charge in [0.05, 0.1) is 29.6 Å². The molecule has 0 aliphatic carbocycles. The minimum Gasteiger partial charge on any atom is -0.343 e. The molecule has 1 N–H and O–H groups in total. The number of aromatic nitrogens is 2. The second-order valence-electron chi connectivity index (χ2n) is 7.78. The van der Waals surface area contributed by atoms with E-state index < -0.39 is 6.04 Å². The molecule has 3 aromatic rings. The zero-order valence-electron chi connectivity index (χ0n) is 17.9. The van der Waals surface area contributed by atoms with Crippen molar-refractivity contribution >= 4 is 34.5 Å². The van der Waals surface area contributed by atoms with Crippen LogP contribution in [0.25, 0.3) is 10.9 Å². The molecular weight excluding hydrogens is 422 g/mol. The summed E-state index contributed by atoms with van der Waals surface area (Å²) in [4.78, 5) is 35.7. The molecule has 1 aliphatic rings. The van der Waals surface area contributed by atoms with Crippen molar-refractivity contribution in [2.45, 2.75) is 25.8 Å². The van der Waals surface area contributed by atoms with Gasteiger partial charge in [-0.3, -0.25) is 19.6 Å². The number of nitrogens with one attached hydrogen (secondary N) is 1. The Kier molecular flexibility index (Phi) is 6.37. The number of pyridine rings is 2. The van der Waals surface area contributed by atoms with Crippen LogP contribution in [0.4, 0.5) is 0 Å². The Balaban J connectivity index is 1.55. The van der Waals surface area contributed by atoms with Crippen LogP contribution in [0.2, 0.25) is 0 Å². The van der Waals surface area contributed by atoms with Crippen molar-refractivity contribution in [2.24, 2.45) is 0 Å². The number of benzene rings is 1. The number of thioether (sulfide) groups is 1. The van der Waals surface area contributed by atoms with Crippen LogP contribution < -0.4 is 5.32 Å². The smallest absolute Gasteiger partial charge is 0.252 e. The van der Waals surface area contributed by atoms with Crippen LogP contribution in [0, 0.1) is 18.3 Å². The molecule has 2 amide bonds. The number of hydrogen-bond acceptors (Lipinski definition) is 6. The summed E-state index contributed by atoms with van der Waals surface area (Å²) in [5.74, 6) is 0.575. The number of fused-ring (bicyclic) bond motifs is 1. The molecular formula is C24H23N5O2S. The highest BCUT2D eigenvalue weighted by Gasteiger charge is 2.29. The van der Waals surface area contributed by atoms with Crippen molar-refractivity contribution < 1.29 is 9.59 Å². The van der Waals surface area contributed by atoms with Crippen LogP contribution in [-0.2, 0) is 4.79 Å². The summed E-state index contributed by atoms with van der Waals surface area (Å²) >= 11 is 1.54. The second-order valence-corrected chi connectivity index (χ2v) is 8.78. The largest absolute Gasteiger partial charge is 0.343 e. The molecule has 1 fully saturated rings. The van der Waals surface area contributed by atoms with E-state index >= 15 is 0 Å². The summed E-state index contributed by atoms with van der Waals surface area (Å²) in [5, 5.41) is 12.6. The van der Waals surface area contributed by atoms with Crippen molar-refractivity contribution in [3.63, 3.8) is 0 Å². The van der Waals surface area contributed by atoms with E-state index in [0.29, 0.717) is 22.7 Å². The molecule has 32 heavy (non-hydrogen) atoms.